The molecule has 1 aliphatic heterocycles. The summed E-state index contributed by atoms with van der Waals surface area (Å²) in [4.78, 5) is 26.8. The zero-order valence-corrected chi connectivity index (χ0v) is 15.4. The number of rotatable bonds is 5. The molecule has 0 radical (unpaired) electrons. The van der Waals surface area contributed by atoms with Gasteiger partial charge in [-0.05, 0) is 23.2 Å². The van der Waals surface area contributed by atoms with Crippen LogP contribution < -0.4 is 5.01 Å². The Hall–Kier alpha value is -1.93. The third-order valence-corrected chi connectivity index (χ3v) is 5.62. The van der Waals surface area contributed by atoms with Crippen LogP contribution in [0.4, 0.5) is 0 Å². The normalized spacial score (nSPS) is 14.0. The van der Waals surface area contributed by atoms with Crippen molar-refractivity contribution in [1.82, 2.24) is 14.9 Å². The van der Waals surface area contributed by atoms with Gasteiger partial charge in [0.2, 0.25) is 11.1 Å². The third kappa shape index (κ3) is 2.69. The van der Waals surface area contributed by atoms with Gasteiger partial charge < -0.3 is 0 Å². The van der Waals surface area contributed by atoms with E-state index in [0.717, 1.165) is 4.88 Å². The van der Waals surface area contributed by atoms with E-state index in [9.17, 15) is 9.59 Å². The first-order valence-electron chi connectivity index (χ1n) is 7.89. The standard InChI is InChI=1S/C16H18N4O2S2/c1-4-10(21)15-14(11-8-7-9-23-11)20(13(22)6-3)19-12(5-2)17-18-16(19)24-15/h7-9H,4-6H2,1-3H3. The number of thiophene rings is 1. The molecule has 6 nitrogen and oxygen atoms in total. The van der Waals surface area contributed by atoms with Crippen LogP contribution >= 0.6 is 23.1 Å². The van der Waals surface area contributed by atoms with Crippen LogP contribution in [-0.2, 0) is 16.0 Å². The number of aryl methyl sites for hydroxylation is 1. The molecule has 3 rings (SSSR count). The van der Waals surface area contributed by atoms with Gasteiger partial charge in [-0.1, -0.05) is 26.8 Å². The Balaban J connectivity index is 2.28. The molecule has 1 aliphatic rings. The number of Topliss-reactive ketones (excluding diaryl/α,β-unsaturated/α-hetero) is 1. The minimum Gasteiger partial charge on any atom is -0.294 e. The molecule has 0 unspecified atom stereocenters. The summed E-state index contributed by atoms with van der Waals surface area (Å²) in [5, 5.41) is 12.4. The molecule has 0 N–H and O–H groups in total. The molecular formula is C16H18N4O2S2. The largest absolute Gasteiger partial charge is 0.294 e. The second kappa shape index (κ2) is 6.90. The molecular weight excluding hydrogens is 344 g/mol. The van der Waals surface area contributed by atoms with Crippen LogP contribution in [0.15, 0.2) is 27.6 Å². The van der Waals surface area contributed by atoms with Crippen molar-refractivity contribution < 1.29 is 9.59 Å². The second-order valence-electron chi connectivity index (χ2n) is 5.16. The summed E-state index contributed by atoms with van der Waals surface area (Å²) >= 11 is 2.81. The molecule has 24 heavy (non-hydrogen) atoms. The predicted octanol–water partition coefficient (Wildman–Crippen LogP) is 3.23. The van der Waals surface area contributed by atoms with Gasteiger partial charge in [0.05, 0.1) is 9.78 Å². The molecule has 2 aromatic rings. The number of aromatic nitrogens is 3. The van der Waals surface area contributed by atoms with Crippen molar-refractivity contribution in [3.8, 4) is 0 Å². The highest BCUT2D eigenvalue weighted by atomic mass is 32.2. The SMILES string of the molecule is CCC(=O)C1=C(c2cccs2)N(C(=O)CC)n2c(CC)nnc2S1. The summed E-state index contributed by atoms with van der Waals surface area (Å²) in [6, 6.07) is 3.85. The molecule has 0 spiro atoms. The number of hydrogen-bond donors (Lipinski definition) is 0. The fourth-order valence-electron chi connectivity index (χ4n) is 2.48. The molecule has 0 bridgehead atoms. The number of allylic oxidation sites excluding steroid dienone is 1. The Bertz CT molecular complexity index is 808. The van der Waals surface area contributed by atoms with E-state index in [4.69, 9.17) is 0 Å². The lowest BCUT2D eigenvalue weighted by atomic mass is 10.2. The van der Waals surface area contributed by atoms with Crippen LogP contribution in [-0.4, -0.2) is 26.6 Å². The van der Waals surface area contributed by atoms with Crippen molar-refractivity contribution in [2.45, 2.75) is 45.2 Å². The lowest BCUT2D eigenvalue weighted by Crippen LogP contribution is -2.42. The van der Waals surface area contributed by atoms with Crippen molar-refractivity contribution in [3.05, 3.63) is 33.1 Å². The maximum Gasteiger partial charge on any atom is 0.246 e. The summed E-state index contributed by atoms with van der Waals surface area (Å²) < 4.78 is 1.75. The molecule has 2 aromatic heterocycles. The minimum absolute atomic E-state index is 0.00426. The monoisotopic (exact) mass is 362 g/mol. The first kappa shape index (κ1) is 16.9. The molecule has 1 amide bonds. The fraction of sp³-hybridized carbons (Fsp3) is 0.375. The van der Waals surface area contributed by atoms with E-state index in [1.807, 2.05) is 38.3 Å². The Labute approximate surface area is 148 Å². The Morgan fingerprint density at radius 2 is 1.96 bits per heavy atom. The minimum atomic E-state index is -0.0872. The van der Waals surface area contributed by atoms with E-state index in [1.165, 1.54) is 23.1 Å². The van der Waals surface area contributed by atoms with Crippen LogP contribution in [0.2, 0.25) is 0 Å². The number of carbonyl (C=O) groups is 2. The number of hydrogen-bond acceptors (Lipinski definition) is 6. The van der Waals surface area contributed by atoms with Crippen LogP contribution in [0.3, 0.4) is 0 Å². The van der Waals surface area contributed by atoms with Gasteiger partial charge in [-0.2, -0.15) is 0 Å². The lowest BCUT2D eigenvalue weighted by Gasteiger charge is -2.32. The van der Waals surface area contributed by atoms with Crippen molar-refractivity contribution in [2.24, 2.45) is 0 Å². The van der Waals surface area contributed by atoms with E-state index in [1.54, 1.807) is 9.69 Å². The average molecular weight is 362 g/mol. The van der Waals surface area contributed by atoms with Gasteiger partial charge in [0, 0.05) is 19.3 Å². The number of thioether (sulfide) groups is 1. The number of amides is 1. The molecule has 0 aliphatic carbocycles. The van der Waals surface area contributed by atoms with Crippen LogP contribution in [0.1, 0.15) is 44.3 Å². The van der Waals surface area contributed by atoms with Gasteiger partial charge in [0.1, 0.15) is 5.70 Å². The maximum absolute atomic E-state index is 12.8. The van der Waals surface area contributed by atoms with E-state index in [2.05, 4.69) is 10.2 Å². The molecule has 3 heterocycles. The summed E-state index contributed by atoms with van der Waals surface area (Å²) in [5.41, 5.74) is 0.649. The third-order valence-electron chi connectivity index (χ3n) is 3.68. The van der Waals surface area contributed by atoms with Crippen LogP contribution in [0, 0.1) is 0 Å². The molecule has 126 valence electrons. The van der Waals surface area contributed by atoms with Crippen molar-refractivity contribution >= 4 is 40.5 Å². The van der Waals surface area contributed by atoms with Crippen LogP contribution in [0.25, 0.3) is 5.70 Å². The number of ketones is 1. The van der Waals surface area contributed by atoms with Gasteiger partial charge >= 0.3 is 0 Å². The smallest absolute Gasteiger partial charge is 0.246 e. The zero-order valence-electron chi connectivity index (χ0n) is 13.8. The highest BCUT2D eigenvalue weighted by molar-refractivity contribution is 8.04. The first-order valence-corrected chi connectivity index (χ1v) is 9.58. The lowest BCUT2D eigenvalue weighted by molar-refractivity contribution is -0.119. The van der Waals surface area contributed by atoms with Crippen molar-refractivity contribution in [2.75, 3.05) is 5.01 Å². The van der Waals surface area contributed by atoms with Gasteiger partial charge in [-0.25, -0.2) is 9.69 Å². The molecule has 0 atom stereocenters. The Morgan fingerprint density at radius 1 is 1.17 bits per heavy atom. The summed E-state index contributed by atoms with van der Waals surface area (Å²) in [5.74, 6) is 0.622. The summed E-state index contributed by atoms with van der Waals surface area (Å²) in [7, 11) is 0. The Kier molecular flexibility index (Phi) is 4.86. The van der Waals surface area contributed by atoms with E-state index >= 15 is 0 Å². The molecule has 0 saturated heterocycles. The zero-order chi connectivity index (χ0) is 17.3. The Morgan fingerprint density at radius 3 is 2.54 bits per heavy atom. The molecule has 8 heteroatoms. The highest BCUT2D eigenvalue weighted by Gasteiger charge is 2.36. The molecule has 0 aromatic carbocycles. The van der Waals surface area contributed by atoms with E-state index in [0.29, 0.717) is 40.8 Å². The van der Waals surface area contributed by atoms with E-state index in [-0.39, 0.29) is 11.7 Å². The van der Waals surface area contributed by atoms with Gasteiger partial charge in [-0.3, -0.25) is 9.59 Å². The van der Waals surface area contributed by atoms with Gasteiger partial charge in [0.15, 0.2) is 11.6 Å². The van der Waals surface area contributed by atoms with Crippen LogP contribution in [0.5, 0.6) is 0 Å². The predicted molar refractivity (Wildman–Crippen MR) is 95.3 cm³/mol. The molecule has 0 fully saturated rings. The summed E-state index contributed by atoms with van der Waals surface area (Å²) in [6.45, 7) is 5.61. The fourth-order valence-corrected chi connectivity index (χ4v) is 4.40. The van der Waals surface area contributed by atoms with Crippen molar-refractivity contribution in [3.63, 3.8) is 0 Å². The second-order valence-corrected chi connectivity index (χ2v) is 7.08. The topological polar surface area (TPSA) is 68.1 Å². The quantitative estimate of drug-likeness (QED) is 0.817. The highest BCUT2D eigenvalue weighted by Crippen LogP contribution is 2.41. The maximum atomic E-state index is 12.8. The first-order chi connectivity index (χ1) is 11.6. The van der Waals surface area contributed by atoms with Gasteiger partial charge in [0.25, 0.3) is 0 Å². The number of carbonyl (C=O) groups excluding carboxylic acids is 2. The molecule has 0 saturated carbocycles. The summed E-state index contributed by atoms with van der Waals surface area (Å²) in [6.07, 6.45) is 1.35. The van der Waals surface area contributed by atoms with E-state index < -0.39 is 0 Å². The van der Waals surface area contributed by atoms with Crippen molar-refractivity contribution in [1.29, 1.82) is 0 Å². The average Bonchev–Trinajstić information content (AvgIpc) is 3.27. The van der Waals surface area contributed by atoms with Gasteiger partial charge in [-0.15, -0.1) is 21.5 Å². The number of nitrogens with zero attached hydrogens (tertiary/aromatic N) is 4. The number of fused-ring (bicyclic) bond motifs is 1.